The molecular weight excluding hydrogens is 420 g/mol. The van der Waals surface area contributed by atoms with E-state index in [2.05, 4.69) is 20.6 Å². The molecule has 0 unspecified atom stereocenters. The number of nitrogens with zero attached hydrogens (tertiary/aromatic N) is 2. The van der Waals surface area contributed by atoms with Gasteiger partial charge in [0.15, 0.2) is 5.13 Å². The minimum absolute atomic E-state index is 0.0100. The van der Waals surface area contributed by atoms with E-state index in [9.17, 15) is 9.59 Å². The topological polar surface area (TPSA) is 84.0 Å². The van der Waals surface area contributed by atoms with Crippen LogP contribution in [0.5, 0.6) is 0 Å². The number of carbonyl (C=O) groups excluding carboxylic acids is 2. The molecule has 4 aliphatic rings. The van der Waals surface area contributed by atoms with Gasteiger partial charge in [0.05, 0.1) is 16.3 Å². The third-order valence-corrected chi connectivity index (χ3v) is 8.78. The van der Waals surface area contributed by atoms with Crippen molar-refractivity contribution in [2.75, 3.05) is 5.32 Å². The Balaban J connectivity index is 1.29. The summed E-state index contributed by atoms with van der Waals surface area (Å²) in [5.74, 6) is 1.98. The summed E-state index contributed by atoms with van der Waals surface area (Å²) in [6, 6.07) is 5.18. The van der Waals surface area contributed by atoms with Crippen LogP contribution in [-0.4, -0.2) is 27.8 Å². The van der Waals surface area contributed by atoms with Crippen LogP contribution >= 0.6 is 11.3 Å². The zero-order valence-electron chi connectivity index (χ0n) is 19.1. The SMILES string of the molecule is Cc1nc(NC(=O)[C@@H](NC(=O)C23CC4CC(CC(C4)C2)C3)C(C)C)sc1-c1ccccn1. The lowest BCUT2D eigenvalue weighted by molar-refractivity contribution is -0.148. The average Bonchev–Trinajstić information content (AvgIpc) is 3.11. The van der Waals surface area contributed by atoms with Crippen molar-refractivity contribution in [3.8, 4) is 10.6 Å². The molecule has 4 aliphatic carbocycles. The van der Waals surface area contributed by atoms with E-state index in [0.29, 0.717) is 22.9 Å². The van der Waals surface area contributed by atoms with Gasteiger partial charge >= 0.3 is 0 Å². The van der Waals surface area contributed by atoms with Crippen molar-refractivity contribution < 1.29 is 9.59 Å². The third-order valence-electron chi connectivity index (χ3n) is 7.68. The minimum atomic E-state index is -0.571. The smallest absolute Gasteiger partial charge is 0.248 e. The van der Waals surface area contributed by atoms with Gasteiger partial charge in [-0.25, -0.2) is 4.98 Å². The van der Waals surface area contributed by atoms with Gasteiger partial charge in [-0.2, -0.15) is 0 Å². The highest BCUT2D eigenvalue weighted by atomic mass is 32.1. The fourth-order valence-electron chi connectivity index (χ4n) is 6.59. The molecule has 4 fully saturated rings. The second kappa shape index (κ2) is 8.25. The van der Waals surface area contributed by atoms with E-state index in [0.717, 1.165) is 35.5 Å². The molecule has 170 valence electrons. The molecule has 1 atom stereocenters. The van der Waals surface area contributed by atoms with Crippen LogP contribution in [0, 0.1) is 36.0 Å². The van der Waals surface area contributed by atoms with Gasteiger partial charge < -0.3 is 10.6 Å². The molecule has 7 heteroatoms. The summed E-state index contributed by atoms with van der Waals surface area (Å²) in [7, 11) is 0. The van der Waals surface area contributed by atoms with Gasteiger partial charge in [-0.3, -0.25) is 14.6 Å². The second-order valence-corrected chi connectivity index (χ2v) is 11.5. The van der Waals surface area contributed by atoms with E-state index in [1.165, 1.54) is 30.6 Å². The maximum atomic E-state index is 13.5. The Labute approximate surface area is 193 Å². The van der Waals surface area contributed by atoms with Crippen molar-refractivity contribution in [1.82, 2.24) is 15.3 Å². The third kappa shape index (κ3) is 3.96. The first-order valence-electron chi connectivity index (χ1n) is 11.8. The average molecular weight is 453 g/mol. The van der Waals surface area contributed by atoms with Gasteiger partial charge in [-0.15, -0.1) is 0 Å². The van der Waals surface area contributed by atoms with Gasteiger partial charge in [-0.05, 0) is 81.3 Å². The Kier molecular flexibility index (Phi) is 5.56. The Bertz CT molecular complexity index is 981. The predicted molar refractivity (Wildman–Crippen MR) is 126 cm³/mol. The highest BCUT2D eigenvalue weighted by Crippen LogP contribution is 2.60. The van der Waals surface area contributed by atoms with Gasteiger partial charge in [0.25, 0.3) is 0 Å². The summed E-state index contributed by atoms with van der Waals surface area (Å²) < 4.78 is 0. The summed E-state index contributed by atoms with van der Waals surface area (Å²) in [5, 5.41) is 6.66. The zero-order chi connectivity index (χ0) is 22.5. The quantitative estimate of drug-likeness (QED) is 0.659. The fourth-order valence-corrected chi connectivity index (χ4v) is 7.53. The maximum absolute atomic E-state index is 13.5. The Morgan fingerprint density at radius 1 is 1.09 bits per heavy atom. The zero-order valence-corrected chi connectivity index (χ0v) is 19.9. The first-order valence-corrected chi connectivity index (χ1v) is 12.7. The molecule has 2 aromatic rings. The number of aromatic nitrogens is 2. The monoisotopic (exact) mass is 452 g/mol. The molecule has 0 radical (unpaired) electrons. The first-order chi connectivity index (χ1) is 15.3. The van der Waals surface area contributed by atoms with Crippen molar-refractivity contribution in [2.45, 2.75) is 65.3 Å². The van der Waals surface area contributed by atoms with Crippen LogP contribution in [0.3, 0.4) is 0 Å². The number of amides is 2. The van der Waals surface area contributed by atoms with Crippen molar-refractivity contribution in [3.63, 3.8) is 0 Å². The highest BCUT2D eigenvalue weighted by molar-refractivity contribution is 7.19. The predicted octanol–water partition coefficient (Wildman–Crippen LogP) is 4.81. The number of pyridine rings is 1. The van der Waals surface area contributed by atoms with Crippen LogP contribution in [0.4, 0.5) is 5.13 Å². The molecule has 4 saturated carbocycles. The number of aryl methyl sites for hydroxylation is 1. The molecule has 0 saturated heterocycles. The lowest BCUT2D eigenvalue weighted by Crippen LogP contribution is -2.57. The number of nitrogens with one attached hydrogen (secondary N) is 2. The number of rotatable bonds is 6. The van der Waals surface area contributed by atoms with Gasteiger partial charge in [0.1, 0.15) is 6.04 Å². The molecule has 6 nitrogen and oxygen atoms in total. The Morgan fingerprint density at radius 3 is 2.31 bits per heavy atom. The van der Waals surface area contributed by atoms with Crippen LogP contribution in [0.2, 0.25) is 0 Å². The number of hydrogen-bond acceptors (Lipinski definition) is 5. The Morgan fingerprint density at radius 2 is 1.75 bits per heavy atom. The van der Waals surface area contributed by atoms with E-state index in [4.69, 9.17) is 0 Å². The standard InChI is InChI=1S/C25H32N4O2S/c1-14(2)20(28-23(31)25-11-16-8-17(12-25)10-18(9-16)13-25)22(30)29-24-27-15(3)21(32-24)19-6-4-5-7-26-19/h4-7,14,16-18,20H,8-13H2,1-3H3,(H,28,31)(H,27,29,30)/t16?,17?,18?,20-,25?/m0/s1. The van der Waals surface area contributed by atoms with E-state index < -0.39 is 6.04 Å². The number of carbonyl (C=O) groups is 2. The van der Waals surface area contributed by atoms with Crippen molar-refractivity contribution in [1.29, 1.82) is 0 Å². The molecular formula is C25H32N4O2S. The van der Waals surface area contributed by atoms with Gasteiger partial charge in [0, 0.05) is 11.6 Å². The highest BCUT2D eigenvalue weighted by Gasteiger charge is 2.55. The molecule has 0 aliphatic heterocycles. The molecule has 0 aromatic carbocycles. The van der Waals surface area contributed by atoms with Crippen LogP contribution in [0.15, 0.2) is 24.4 Å². The largest absolute Gasteiger partial charge is 0.344 e. The van der Waals surface area contributed by atoms with Crippen molar-refractivity contribution in [3.05, 3.63) is 30.1 Å². The van der Waals surface area contributed by atoms with E-state index in [-0.39, 0.29) is 23.1 Å². The number of thiazole rings is 1. The Hall–Kier alpha value is -2.28. The van der Waals surface area contributed by atoms with Crippen molar-refractivity contribution >= 4 is 28.3 Å². The molecule has 2 aromatic heterocycles. The number of hydrogen-bond donors (Lipinski definition) is 2. The second-order valence-electron chi connectivity index (χ2n) is 10.5. The van der Waals surface area contributed by atoms with E-state index in [1.807, 2.05) is 39.0 Å². The summed E-state index contributed by atoms with van der Waals surface area (Å²) in [6.07, 6.45) is 8.62. The van der Waals surface area contributed by atoms with Gasteiger partial charge in [-0.1, -0.05) is 31.3 Å². The molecule has 6 rings (SSSR count). The lowest BCUT2D eigenvalue weighted by atomic mass is 9.49. The molecule has 2 N–H and O–H groups in total. The van der Waals surface area contributed by atoms with E-state index >= 15 is 0 Å². The van der Waals surface area contributed by atoms with Crippen LogP contribution in [0.1, 0.15) is 58.1 Å². The molecule has 2 amide bonds. The molecule has 0 spiro atoms. The summed E-state index contributed by atoms with van der Waals surface area (Å²) >= 11 is 1.42. The summed E-state index contributed by atoms with van der Waals surface area (Å²) in [5.41, 5.74) is 1.42. The van der Waals surface area contributed by atoms with Crippen LogP contribution in [-0.2, 0) is 9.59 Å². The maximum Gasteiger partial charge on any atom is 0.248 e. The molecule has 2 heterocycles. The van der Waals surface area contributed by atoms with Gasteiger partial charge in [0.2, 0.25) is 11.8 Å². The fraction of sp³-hybridized carbons (Fsp3) is 0.600. The van der Waals surface area contributed by atoms with Crippen LogP contribution < -0.4 is 10.6 Å². The minimum Gasteiger partial charge on any atom is -0.344 e. The normalized spacial score (nSPS) is 29.2. The van der Waals surface area contributed by atoms with Crippen LogP contribution in [0.25, 0.3) is 10.6 Å². The first kappa shape index (κ1) is 21.6. The van der Waals surface area contributed by atoms with E-state index in [1.54, 1.807) is 6.20 Å². The number of anilines is 1. The molecule has 32 heavy (non-hydrogen) atoms. The molecule has 4 bridgehead atoms. The van der Waals surface area contributed by atoms with Crippen molar-refractivity contribution in [2.24, 2.45) is 29.1 Å². The summed E-state index contributed by atoms with van der Waals surface area (Å²) in [6.45, 7) is 5.89. The summed E-state index contributed by atoms with van der Waals surface area (Å²) in [4.78, 5) is 36.6. The lowest BCUT2D eigenvalue weighted by Gasteiger charge is -2.55.